The number of esters is 2. The van der Waals surface area contributed by atoms with Gasteiger partial charge in [0.25, 0.3) is 0 Å². The Balaban J connectivity index is 3.48. The smallest absolute Gasteiger partial charge is 0.317 e. The first kappa shape index (κ1) is 23.9. The lowest BCUT2D eigenvalue weighted by Gasteiger charge is -2.18. The minimum absolute atomic E-state index is 0.160. The Morgan fingerprint density at radius 3 is 1.80 bits per heavy atom. The standard InChI is InChI=1S/C21H40O4/c1-5-7-8-9-10-11-12-13-14-15-16-24-20(22)17-21(23)25-19(4)18(3)6-2/h18-19H,5-17H2,1-4H3. The molecule has 0 saturated carbocycles. The average Bonchev–Trinajstić information content (AvgIpc) is 2.58. The number of carbonyl (C=O) groups excluding carboxylic acids is 2. The summed E-state index contributed by atoms with van der Waals surface area (Å²) >= 11 is 0. The van der Waals surface area contributed by atoms with Crippen molar-refractivity contribution in [1.29, 1.82) is 0 Å². The maximum absolute atomic E-state index is 11.7. The first-order chi connectivity index (χ1) is 12.0. The minimum atomic E-state index is -0.485. The van der Waals surface area contributed by atoms with Crippen LogP contribution in [0, 0.1) is 5.92 Å². The van der Waals surface area contributed by atoms with Crippen molar-refractivity contribution in [3.8, 4) is 0 Å². The fourth-order valence-corrected chi connectivity index (χ4v) is 2.64. The molecule has 0 aromatic carbocycles. The molecule has 0 aromatic heterocycles. The van der Waals surface area contributed by atoms with E-state index in [1.807, 2.05) is 13.8 Å². The van der Waals surface area contributed by atoms with Gasteiger partial charge in [-0.2, -0.15) is 0 Å². The summed E-state index contributed by atoms with van der Waals surface area (Å²) < 4.78 is 10.4. The van der Waals surface area contributed by atoms with Crippen molar-refractivity contribution < 1.29 is 19.1 Å². The zero-order valence-electron chi connectivity index (χ0n) is 17.0. The van der Waals surface area contributed by atoms with E-state index in [-0.39, 0.29) is 12.5 Å². The highest BCUT2D eigenvalue weighted by atomic mass is 16.6. The number of ether oxygens (including phenoxy) is 2. The molecular weight excluding hydrogens is 316 g/mol. The highest BCUT2D eigenvalue weighted by Gasteiger charge is 2.18. The number of hydrogen-bond acceptors (Lipinski definition) is 4. The molecule has 0 N–H and O–H groups in total. The molecule has 0 aliphatic heterocycles. The lowest BCUT2D eigenvalue weighted by molar-refractivity contribution is -0.158. The van der Waals surface area contributed by atoms with Gasteiger partial charge in [-0.15, -0.1) is 0 Å². The number of rotatable bonds is 16. The molecule has 0 aliphatic rings. The van der Waals surface area contributed by atoms with Crippen LogP contribution in [-0.4, -0.2) is 24.6 Å². The van der Waals surface area contributed by atoms with Gasteiger partial charge in [0, 0.05) is 0 Å². The Kier molecular flexibility index (Phi) is 15.7. The van der Waals surface area contributed by atoms with Crippen LogP contribution in [-0.2, 0) is 19.1 Å². The molecule has 0 bridgehead atoms. The topological polar surface area (TPSA) is 52.6 Å². The summed E-state index contributed by atoms with van der Waals surface area (Å²) in [6, 6.07) is 0. The SMILES string of the molecule is CCCCCCCCCCCCOC(=O)CC(=O)OC(C)C(C)CC. The van der Waals surface area contributed by atoms with Crippen LogP contribution in [0.3, 0.4) is 0 Å². The number of unbranched alkanes of at least 4 members (excludes halogenated alkanes) is 9. The summed E-state index contributed by atoms with van der Waals surface area (Å²) in [5, 5.41) is 0. The lowest BCUT2D eigenvalue weighted by atomic mass is 10.0. The molecular formula is C21H40O4. The normalized spacial score (nSPS) is 13.3. The number of carbonyl (C=O) groups is 2. The second-order valence-electron chi connectivity index (χ2n) is 7.16. The van der Waals surface area contributed by atoms with Gasteiger partial charge in [0.2, 0.25) is 0 Å². The zero-order chi connectivity index (χ0) is 18.9. The second-order valence-corrected chi connectivity index (χ2v) is 7.16. The maximum atomic E-state index is 11.7. The van der Waals surface area contributed by atoms with Crippen LogP contribution in [0.4, 0.5) is 0 Å². The van der Waals surface area contributed by atoms with Gasteiger partial charge >= 0.3 is 11.9 Å². The van der Waals surface area contributed by atoms with Gasteiger partial charge in [-0.3, -0.25) is 9.59 Å². The van der Waals surface area contributed by atoms with Crippen LogP contribution in [0.1, 0.15) is 105 Å². The van der Waals surface area contributed by atoms with E-state index in [9.17, 15) is 9.59 Å². The molecule has 0 aliphatic carbocycles. The maximum Gasteiger partial charge on any atom is 0.317 e. The van der Waals surface area contributed by atoms with E-state index in [4.69, 9.17) is 9.47 Å². The van der Waals surface area contributed by atoms with Gasteiger partial charge in [0.1, 0.15) is 12.5 Å². The first-order valence-electron chi connectivity index (χ1n) is 10.4. The molecule has 0 spiro atoms. The highest BCUT2D eigenvalue weighted by Crippen LogP contribution is 2.12. The molecule has 0 amide bonds. The van der Waals surface area contributed by atoms with Crippen LogP contribution in [0.25, 0.3) is 0 Å². The molecule has 4 heteroatoms. The predicted molar refractivity (Wildman–Crippen MR) is 102 cm³/mol. The summed E-state index contributed by atoms with van der Waals surface area (Å²) in [5.41, 5.74) is 0. The van der Waals surface area contributed by atoms with Crippen LogP contribution >= 0.6 is 0 Å². The Bertz CT molecular complexity index is 341. The van der Waals surface area contributed by atoms with Crippen LogP contribution in [0.5, 0.6) is 0 Å². The fourth-order valence-electron chi connectivity index (χ4n) is 2.64. The predicted octanol–water partition coefficient (Wildman–Crippen LogP) is 5.82. The van der Waals surface area contributed by atoms with Crippen molar-refractivity contribution in [3.05, 3.63) is 0 Å². The monoisotopic (exact) mass is 356 g/mol. The van der Waals surface area contributed by atoms with Gasteiger partial charge in [-0.25, -0.2) is 0 Å². The third kappa shape index (κ3) is 14.9. The van der Waals surface area contributed by atoms with E-state index >= 15 is 0 Å². The quantitative estimate of drug-likeness (QED) is 0.199. The van der Waals surface area contributed by atoms with Gasteiger partial charge < -0.3 is 9.47 Å². The van der Waals surface area contributed by atoms with Gasteiger partial charge in [0.05, 0.1) is 6.61 Å². The summed E-state index contributed by atoms with van der Waals surface area (Å²) in [4.78, 5) is 23.3. The van der Waals surface area contributed by atoms with E-state index in [1.54, 1.807) is 0 Å². The summed E-state index contributed by atoms with van der Waals surface area (Å²) in [5.74, 6) is -0.662. The van der Waals surface area contributed by atoms with Crippen molar-refractivity contribution in [1.82, 2.24) is 0 Å². The van der Waals surface area contributed by atoms with Gasteiger partial charge in [0.15, 0.2) is 0 Å². The molecule has 0 rings (SSSR count). The fraction of sp³-hybridized carbons (Fsp3) is 0.905. The minimum Gasteiger partial charge on any atom is -0.465 e. The molecule has 4 nitrogen and oxygen atoms in total. The summed E-state index contributed by atoms with van der Waals surface area (Å²) in [6.07, 6.45) is 12.9. The molecule has 148 valence electrons. The Morgan fingerprint density at radius 1 is 0.760 bits per heavy atom. The molecule has 0 heterocycles. The van der Waals surface area contributed by atoms with Gasteiger partial charge in [-0.1, -0.05) is 85.0 Å². The highest BCUT2D eigenvalue weighted by molar-refractivity contribution is 5.91. The molecule has 0 fully saturated rings. The van der Waals surface area contributed by atoms with Gasteiger partial charge in [-0.05, 0) is 19.3 Å². The zero-order valence-corrected chi connectivity index (χ0v) is 17.0. The summed E-state index contributed by atoms with van der Waals surface area (Å²) in [7, 11) is 0. The molecule has 0 radical (unpaired) electrons. The van der Waals surface area contributed by atoms with Crippen molar-refractivity contribution in [2.75, 3.05) is 6.61 Å². The van der Waals surface area contributed by atoms with Crippen LogP contribution < -0.4 is 0 Å². The number of hydrogen-bond donors (Lipinski definition) is 0. The van der Waals surface area contributed by atoms with E-state index in [0.717, 1.165) is 19.3 Å². The largest absolute Gasteiger partial charge is 0.465 e. The van der Waals surface area contributed by atoms with E-state index in [0.29, 0.717) is 12.5 Å². The van der Waals surface area contributed by atoms with Crippen LogP contribution in [0.2, 0.25) is 0 Å². The third-order valence-electron chi connectivity index (χ3n) is 4.81. The van der Waals surface area contributed by atoms with E-state index in [2.05, 4.69) is 13.8 Å². The van der Waals surface area contributed by atoms with Crippen molar-refractivity contribution >= 4 is 11.9 Å². The van der Waals surface area contributed by atoms with E-state index in [1.165, 1.54) is 51.4 Å². The van der Waals surface area contributed by atoms with E-state index < -0.39 is 11.9 Å². The average molecular weight is 357 g/mol. The van der Waals surface area contributed by atoms with Crippen molar-refractivity contribution in [2.45, 2.75) is 111 Å². The van der Waals surface area contributed by atoms with Crippen LogP contribution in [0.15, 0.2) is 0 Å². The third-order valence-corrected chi connectivity index (χ3v) is 4.81. The lowest BCUT2D eigenvalue weighted by Crippen LogP contribution is -2.23. The Labute approximate surface area is 155 Å². The Morgan fingerprint density at radius 2 is 1.28 bits per heavy atom. The summed E-state index contributed by atoms with van der Waals surface area (Å²) in [6.45, 7) is 8.59. The van der Waals surface area contributed by atoms with Crippen molar-refractivity contribution in [3.63, 3.8) is 0 Å². The molecule has 2 unspecified atom stereocenters. The first-order valence-corrected chi connectivity index (χ1v) is 10.4. The Hall–Kier alpha value is -1.06. The molecule has 0 saturated heterocycles. The van der Waals surface area contributed by atoms with Crippen molar-refractivity contribution in [2.24, 2.45) is 5.92 Å². The molecule has 0 aromatic rings. The second kappa shape index (κ2) is 16.4. The molecule has 25 heavy (non-hydrogen) atoms. The molecule has 2 atom stereocenters.